The van der Waals surface area contributed by atoms with Crippen LogP contribution in [0.5, 0.6) is 0 Å². The van der Waals surface area contributed by atoms with E-state index in [4.69, 9.17) is 9.84 Å². The normalized spacial score (nSPS) is 16.1. The summed E-state index contributed by atoms with van der Waals surface area (Å²) in [5.74, 6) is -0.412. The van der Waals surface area contributed by atoms with Crippen molar-refractivity contribution in [2.75, 3.05) is 26.8 Å². The van der Waals surface area contributed by atoms with E-state index in [1.165, 1.54) is 12.1 Å². The smallest absolute Gasteiger partial charge is 0.335 e. The van der Waals surface area contributed by atoms with Crippen molar-refractivity contribution >= 4 is 18.0 Å². The number of carboxylic acids is 1. The number of hydrogen-bond donors (Lipinski definition) is 1. The van der Waals surface area contributed by atoms with E-state index in [0.29, 0.717) is 5.92 Å². The van der Waals surface area contributed by atoms with E-state index >= 15 is 0 Å². The molecule has 5 heteroatoms. The van der Waals surface area contributed by atoms with Crippen LogP contribution in [0.2, 0.25) is 0 Å². The number of carbonyl (C=O) groups is 2. The highest BCUT2D eigenvalue weighted by Gasteiger charge is 2.21. The Balaban J connectivity index is 1.87. The molecule has 1 heterocycles. The molecule has 1 aromatic carbocycles. The van der Waals surface area contributed by atoms with Gasteiger partial charge in [0.1, 0.15) is 0 Å². The molecule has 1 fully saturated rings. The fourth-order valence-electron chi connectivity index (χ4n) is 2.57. The molecule has 1 aliphatic rings. The lowest BCUT2D eigenvalue weighted by atomic mass is 9.98. The molecular weight excluding hydrogens is 282 g/mol. The van der Waals surface area contributed by atoms with Gasteiger partial charge in [-0.05, 0) is 42.5 Å². The molecule has 1 saturated heterocycles. The molecule has 0 aromatic heterocycles. The number of carboxylic acid groups (broad SMARTS) is 1. The van der Waals surface area contributed by atoms with Gasteiger partial charge < -0.3 is 14.7 Å². The summed E-state index contributed by atoms with van der Waals surface area (Å²) in [4.78, 5) is 24.7. The molecule has 0 aliphatic carbocycles. The summed E-state index contributed by atoms with van der Waals surface area (Å²) < 4.78 is 5.15. The van der Waals surface area contributed by atoms with Crippen LogP contribution < -0.4 is 0 Å². The number of aromatic carboxylic acids is 1. The SMILES string of the molecule is COCC1CCN(C(=O)C=Cc2ccc(C(=O)O)cc2)CC1. The van der Waals surface area contributed by atoms with Crippen molar-refractivity contribution in [1.29, 1.82) is 0 Å². The van der Waals surface area contributed by atoms with Gasteiger partial charge in [0, 0.05) is 32.9 Å². The number of benzene rings is 1. The number of nitrogens with zero attached hydrogens (tertiary/aromatic N) is 1. The first kappa shape index (κ1) is 16.2. The Hall–Kier alpha value is -2.14. The van der Waals surface area contributed by atoms with Gasteiger partial charge in [0.25, 0.3) is 0 Å². The van der Waals surface area contributed by atoms with Gasteiger partial charge in [0.2, 0.25) is 5.91 Å². The fraction of sp³-hybridized carbons (Fsp3) is 0.412. The number of rotatable bonds is 5. The Kier molecular flexibility index (Phi) is 5.72. The van der Waals surface area contributed by atoms with Crippen molar-refractivity contribution in [2.45, 2.75) is 12.8 Å². The summed E-state index contributed by atoms with van der Waals surface area (Å²) in [6.07, 6.45) is 5.21. The third kappa shape index (κ3) is 4.43. The Morgan fingerprint density at radius 3 is 2.45 bits per heavy atom. The van der Waals surface area contributed by atoms with Gasteiger partial charge in [-0.2, -0.15) is 0 Å². The Morgan fingerprint density at radius 1 is 1.27 bits per heavy atom. The third-order valence-corrected chi connectivity index (χ3v) is 3.90. The second-order valence-corrected chi connectivity index (χ2v) is 5.48. The van der Waals surface area contributed by atoms with Crippen molar-refractivity contribution in [2.24, 2.45) is 5.92 Å². The molecule has 5 nitrogen and oxygen atoms in total. The van der Waals surface area contributed by atoms with Crippen LogP contribution in [-0.4, -0.2) is 48.7 Å². The number of likely N-dealkylation sites (tertiary alicyclic amines) is 1. The molecule has 118 valence electrons. The van der Waals surface area contributed by atoms with Gasteiger partial charge in [-0.3, -0.25) is 4.79 Å². The number of piperidine rings is 1. The van der Waals surface area contributed by atoms with Gasteiger partial charge >= 0.3 is 5.97 Å². The summed E-state index contributed by atoms with van der Waals surface area (Å²) in [6.45, 7) is 2.28. The first-order valence-corrected chi connectivity index (χ1v) is 7.39. The highest BCUT2D eigenvalue weighted by molar-refractivity contribution is 5.92. The summed E-state index contributed by atoms with van der Waals surface area (Å²) in [7, 11) is 1.70. The number of amides is 1. The fourth-order valence-corrected chi connectivity index (χ4v) is 2.57. The second kappa shape index (κ2) is 7.75. The van der Waals surface area contributed by atoms with E-state index < -0.39 is 5.97 Å². The Bertz CT molecular complexity index is 542. The summed E-state index contributed by atoms with van der Waals surface area (Å²) in [5, 5.41) is 8.84. The largest absolute Gasteiger partial charge is 0.478 e. The third-order valence-electron chi connectivity index (χ3n) is 3.90. The van der Waals surface area contributed by atoms with Crippen molar-refractivity contribution in [1.82, 2.24) is 4.90 Å². The predicted molar refractivity (Wildman–Crippen MR) is 83.6 cm³/mol. The minimum absolute atomic E-state index is 0.00169. The summed E-state index contributed by atoms with van der Waals surface area (Å²) >= 11 is 0. The van der Waals surface area contributed by atoms with E-state index in [1.807, 2.05) is 4.90 Å². The van der Waals surface area contributed by atoms with Crippen LogP contribution in [0.15, 0.2) is 30.3 Å². The Morgan fingerprint density at radius 2 is 1.91 bits per heavy atom. The predicted octanol–water partition coefficient (Wildman–Crippen LogP) is 2.28. The standard InChI is InChI=1S/C17H21NO4/c1-22-12-14-8-10-18(11-9-14)16(19)7-4-13-2-5-15(6-3-13)17(20)21/h2-7,14H,8-12H2,1H3,(H,20,21). The van der Waals surface area contributed by atoms with Crippen molar-refractivity contribution in [3.63, 3.8) is 0 Å². The summed E-state index contributed by atoms with van der Waals surface area (Å²) in [6, 6.07) is 6.45. The number of methoxy groups -OCH3 is 1. The maximum absolute atomic E-state index is 12.1. The molecule has 1 aliphatic heterocycles. The maximum atomic E-state index is 12.1. The lowest BCUT2D eigenvalue weighted by Crippen LogP contribution is -2.38. The van der Waals surface area contributed by atoms with Crippen molar-refractivity contribution in [3.05, 3.63) is 41.5 Å². The van der Waals surface area contributed by atoms with Crippen LogP contribution in [0.3, 0.4) is 0 Å². The molecule has 0 radical (unpaired) electrons. The van der Waals surface area contributed by atoms with Gasteiger partial charge in [-0.15, -0.1) is 0 Å². The second-order valence-electron chi connectivity index (χ2n) is 5.48. The first-order valence-electron chi connectivity index (χ1n) is 7.39. The van der Waals surface area contributed by atoms with Gasteiger partial charge in [0.05, 0.1) is 5.56 Å². The zero-order valence-corrected chi connectivity index (χ0v) is 12.7. The average molecular weight is 303 g/mol. The van der Waals surface area contributed by atoms with Crippen LogP contribution in [0.1, 0.15) is 28.8 Å². The first-order chi connectivity index (χ1) is 10.6. The van der Waals surface area contributed by atoms with Crippen LogP contribution in [0, 0.1) is 5.92 Å². The van der Waals surface area contributed by atoms with Gasteiger partial charge in [-0.25, -0.2) is 4.79 Å². The monoisotopic (exact) mass is 303 g/mol. The average Bonchev–Trinajstić information content (AvgIpc) is 2.54. The lowest BCUT2D eigenvalue weighted by molar-refractivity contribution is -0.127. The number of carbonyl (C=O) groups excluding carboxylic acids is 1. The molecule has 0 atom stereocenters. The molecule has 0 bridgehead atoms. The molecule has 1 N–H and O–H groups in total. The maximum Gasteiger partial charge on any atom is 0.335 e. The highest BCUT2D eigenvalue weighted by atomic mass is 16.5. The molecule has 1 aromatic rings. The molecular formula is C17H21NO4. The Labute approximate surface area is 130 Å². The molecule has 0 unspecified atom stereocenters. The van der Waals surface area contributed by atoms with E-state index in [1.54, 1.807) is 31.4 Å². The number of hydrogen-bond acceptors (Lipinski definition) is 3. The highest BCUT2D eigenvalue weighted by Crippen LogP contribution is 2.17. The van der Waals surface area contributed by atoms with Gasteiger partial charge in [-0.1, -0.05) is 12.1 Å². The zero-order chi connectivity index (χ0) is 15.9. The summed E-state index contributed by atoms with van der Waals surface area (Å²) in [5.41, 5.74) is 1.05. The molecule has 0 saturated carbocycles. The minimum Gasteiger partial charge on any atom is -0.478 e. The van der Waals surface area contributed by atoms with E-state index in [9.17, 15) is 9.59 Å². The molecule has 1 amide bonds. The van der Waals surface area contributed by atoms with E-state index in [2.05, 4.69) is 0 Å². The van der Waals surface area contributed by atoms with Crippen LogP contribution in [0.4, 0.5) is 0 Å². The van der Waals surface area contributed by atoms with Gasteiger partial charge in [0.15, 0.2) is 0 Å². The molecule has 22 heavy (non-hydrogen) atoms. The quantitative estimate of drug-likeness (QED) is 0.848. The van der Waals surface area contributed by atoms with Crippen LogP contribution in [0.25, 0.3) is 6.08 Å². The van der Waals surface area contributed by atoms with Crippen molar-refractivity contribution in [3.8, 4) is 0 Å². The van der Waals surface area contributed by atoms with Crippen LogP contribution >= 0.6 is 0 Å². The van der Waals surface area contributed by atoms with Crippen LogP contribution in [-0.2, 0) is 9.53 Å². The van der Waals surface area contributed by atoms with E-state index in [0.717, 1.165) is 38.1 Å². The van der Waals surface area contributed by atoms with E-state index in [-0.39, 0.29) is 11.5 Å². The minimum atomic E-state index is -0.953. The topological polar surface area (TPSA) is 66.8 Å². The van der Waals surface area contributed by atoms with Crippen molar-refractivity contribution < 1.29 is 19.4 Å². The molecule has 2 rings (SSSR count). The molecule has 0 spiro atoms. The number of ether oxygens (including phenoxy) is 1. The lowest BCUT2D eigenvalue weighted by Gasteiger charge is -2.30. The zero-order valence-electron chi connectivity index (χ0n) is 12.7.